The van der Waals surface area contributed by atoms with Crippen molar-refractivity contribution in [2.45, 2.75) is 6.04 Å². The number of benzene rings is 1. The van der Waals surface area contributed by atoms with Gasteiger partial charge in [-0.25, -0.2) is 0 Å². The molecule has 2 aromatic rings. The molecule has 0 saturated heterocycles. The van der Waals surface area contributed by atoms with Gasteiger partial charge in [0.1, 0.15) is 0 Å². The second-order valence-electron chi connectivity index (χ2n) is 2.90. The van der Waals surface area contributed by atoms with Crippen molar-refractivity contribution >= 4 is 23.7 Å². The fraction of sp³-hybridized carbons (Fsp3) is 0.0909. The van der Waals surface area contributed by atoms with Crippen LogP contribution in [0.3, 0.4) is 0 Å². The molecule has 74 valence electrons. The maximum Gasteiger partial charge on any atom is 0.0645 e. The van der Waals surface area contributed by atoms with Crippen molar-refractivity contribution in [2.24, 2.45) is 5.73 Å². The molecule has 0 fully saturated rings. The lowest BCUT2D eigenvalue weighted by Gasteiger charge is -2.08. The molecule has 14 heavy (non-hydrogen) atoms. The fourth-order valence-electron chi connectivity index (χ4n) is 1.29. The van der Waals surface area contributed by atoms with E-state index in [0.717, 1.165) is 0 Å². The van der Waals surface area contributed by atoms with Gasteiger partial charge in [-0.2, -0.15) is 0 Å². The van der Waals surface area contributed by atoms with Crippen LogP contribution in [0.25, 0.3) is 0 Å². The average molecular weight is 226 g/mol. The third-order valence-corrected chi connectivity index (χ3v) is 2.96. The fourth-order valence-corrected chi connectivity index (χ4v) is 2.05. The summed E-state index contributed by atoms with van der Waals surface area (Å²) in [4.78, 5) is 1.21. The molecular weight excluding hydrogens is 214 g/mol. The summed E-state index contributed by atoms with van der Waals surface area (Å²) in [6.45, 7) is 0. The Bertz CT molecular complexity index is 358. The van der Waals surface area contributed by atoms with E-state index in [1.165, 1.54) is 10.4 Å². The van der Waals surface area contributed by atoms with E-state index in [4.69, 9.17) is 5.73 Å². The zero-order chi connectivity index (χ0) is 9.10. The van der Waals surface area contributed by atoms with Crippen molar-refractivity contribution in [2.75, 3.05) is 0 Å². The van der Waals surface area contributed by atoms with Gasteiger partial charge in [-0.3, -0.25) is 0 Å². The molecule has 0 saturated carbocycles. The number of halogens is 1. The third kappa shape index (κ3) is 2.35. The van der Waals surface area contributed by atoms with Crippen LogP contribution in [0.4, 0.5) is 0 Å². The van der Waals surface area contributed by atoms with E-state index in [-0.39, 0.29) is 18.4 Å². The second-order valence-corrected chi connectivity index (χ2v) is 3.88. The molecule has 0 bridgehead atoms. The first-order chi connectivity index (χ1) is 6.38. The lowest BCUT2D eigenvalue weighted by atomic mass is 10.1. The van der Waals surface area contributed by atoms with E-state index in [9.17, 15) is 0 Å². The first-order valence-electron chi connectivity index (χ1n) is 4.22. The normalized spacial score (nSPS) is 11.8. The summed E-state index contributed by atoms with van der Waals surface area (Å²) in [5.41, 5.74) is 7.24. The lowest BCUT2D eigenvalue weighted by molar-refractivity contribution is 0.893. The second kappa shape index (κ2) is 5.15. The Hall–Kier alpha value is -0.830. The van der Waals surface area contributed by atoms with Crippen LogP contribution in [0.2, 0.25) is 0 Å². The quantitative estimate of drug-likeness (QED) is 0.835. The van der Waals surface area contributed by atoms with E-state index in [0.29, 0.717) is 0 Å². The summed E-state index contributed by atoms with van der Waals surface area (Å²) in [5.74, 6) is 0. The summed E-state index contributed by atoms with van der Waals surface area (Å²) in [6, 6.07) is 14.3. The molecule has 0 radical (unpaired) electrons. The van der Waals surface area contributed by atoms with E-state index >= 15 is 0 Å². The lowest BCUT2D eigenvalue weighted by Crippen LogP contribution is -2.09. The van der Waals surface area contributed by atoms with Crippen molar-refractivity contribution in [3.8, 4) is 0 Å². The average Bonchev–Trinajstić information content (AvgIpc) is 2.71. The van der Waals surface area contributed by atoms with Gasteiger partial charge < -0.3 is 5.73 Å². The molecule has 1 aromatic carbocycles. The van der Waals surface area contributed by atoms with Crippen LogP contribution in [0.5, 0.6) is 0 Å². The number of nitrogens with two attached hydrogens (primary N) is 1. The smallest absolute Gasteiger partial charge is 0.0645 e. The molecule has 0 spiro atoms. The minimum atomic E-state index is 0. The summed E-state index contributed by atoms with van der Waals surface area (Å²) in [7, 11) is 0. The van der Waals surface area contributed by atoms with Crippen molar-refractivity contribution in [3.63, 3.8) is 0 Å². The maximum atomic E-state index is 6.07. The first kappa shape index (κ1) is 11.2. The molecule has 0 aliphatic rings. The largest absolute Gasteiger partial charge is 0.320 e. The summed E-state index contributed by atoms with van der Waals surface area (Å²) < 4.78 is 0. The Balaban J connectivity index is 0.000000980. The molecule has 1 nitrogen and oxygen atoms in total. The van der Waals surface area contributed by atoms with E-state index in [1.54, 1.807) is 11.3 Å². The van der Waals surface area contributed by atoms with Gasteiger partial charge in [0.05, 0.1) is 6.04 Å². The maximum absolute atomic E-state index is 6.07. The Morgan fingerprint density at radius 1 is 1.00 bits per heavy atom. The predicted octanol–water partition coefficient (Wildman–Crippen LogP) is 3.22. The van der Waals surface area contributed by atoms with Crippen LogP contribution in [-0.4, -0.2) is 0 Å². The standard InChI is InChI=1S/C11H11NS.ClH/c12-11(10-7-4-8-13-10)9-5-2-1-3-6-9;/h1-8,11H,12H2;1H/t11-;/m0./s1. The van der Waals surface area contributed by atoms with Gasteiger partial charge in [0.15, 0.2) is 0 Å². The molecule has 0 aliphatic heterocycles. The van der Waals surface area contributed by atoms with Gasteiger partial charge in [-0.15, -0.1) is 23.7 Å². The van der Waals surface area contributed by atoms with Gasteiger partial charge in [0.2, 0.25) is 0 Å². The zero-order valence-corrected chi connectivity index (χ0v) is 9.22. The van der Waals surface area contributed by atoms with Crippen LogP contribution >= 0.6 is 23.7 Å². The monoisotopic (exact) mass is 225 g/mol. The molecule has 1 aromatic heterocycles. The summed E-state index contributed by atoms with van der Waals surface area (Å²) >= 11 is 1.70. The SMILES string of the molecule is Cl.N[C@@H](c1ccccc1)c1cccs1. The van der Waals surface area contributed by atoms with Crippen molar-refractivity contribution < 1.29 is 0 Å². The van der Waals surface area contributed by atoms with Crippen LogP contribution in [0.1, 0.15) is 16.5 Å². The number of thiophene rings is 1. The highest BCUT2D eigenvalue weighted by atomic mass is 35.5. The highest BCUT2D eigenvalue weighted by Gasteiger charge is 2.07. The zero-order valence-electron chi connectivity index (χ0n) is 7.59. The molecular formula is C11H12ClNS. The molecule has 3 heteroatoms. The van der Waals surface area contributed by atoms with Crippen molar-refractivity contribution in [1.82, 2.24) is 0 Å². The highest BCUT2D eigenvalue weighted by molar-refractivity contribution is 7.10. The molecule has 0 amide bonds. The van der Waals surface area contributed by atoms with Gasteiger partial charge in [0, 0.05) is 4.88 Å². The molecule has 0 aliphatic carbocycles. The van der Waals surface area contributed by atoms with Crippen LogP contribution in [-0.2, 0) is 0 Å². The predicted molar refractivity (Wildman–Crippen MR) is 64.0 cm³/mol. The van der Waals surface area contributed by atoms with Gasteiger partial charge in [-0.05, 0) is 17.0 Å². The van der Waals surface area contributed by atoms with Crippen molar-refractivity contribution in [3.05, 3.63) is 58.3 Å². The topological polar surface area (TPSA) is 26.0 Å². The summed E-state index contributed by atoms with van der Waals surface area (Å²) in [6.07, 6.45) is 0. The minimum absolute atomic E-state index is 0. The minimum Gasteiger partial charge on any atom is -0.320 e. The molecule has 2 N–H and O–H groups in total. The third-order valence-electron chi connectivity index (χ3n) is 2.01. The van der Waals surface area contributed by atoms with Gasteiger partial charge >= 0.3 is 0 Å². The highest BCUT2D eigenvalue weighted by Crippen LogP contribution is 2.22. The van der Waals surface area contributed by atoms with E-state index < -0.39 is 0 Å². The van der Waals surface area contributed by atoms with E-state index in [2.05, 4.69) is 23.6 Å². The molecule has 0 unspecified atom stereocenters. The first-order valence-corrected chi connectivity index (χ1v) is 5.10. The number of rotatable bonds is 2. The molecule has 1 atom stereocenters. The van der Waals surface area contributed by atoms with E-state index in [1.807, 2.05) is 24.3 Å². The Morgan fingerprint density at radius 2 is 1.71 bits per heavy atom. The van der Waals surface area contributed by atoms with Gasteiger partial charge in [0.25, 0.3) is 0 Å². The van der Waals surface area contributed by atoms with Crippen LogP contribution in [0, 0.1) is 0 Å². The number of hydrogen-bond donors (Lipinski definition) is 1. The van der Waals surface area contributed by atoms with Gasteiger partial charge in [-0.1, -0.05) is 36.4 Å². The Kier molecular flexibility index (Phi) is 4.14. The Morgan fingerprint density at radius 3 is 2.29 bits per heavy atom. The van der Waals surface area contributed by atoms with Crippen LogP contribution < -0.4 is 5.73 Å². The number of hydrogen-bond acceptors (Lipinski definition) is 2. The molecule has 2 rings (SSSR count). The summed E-state index contributed by atoms with van der Waals surface area (Å²) in [5, 5.41) is 2.05. The Labute approximate surface area is 94.0 Å². The van der Waals surface area contributed by atoms with Crippen molar-refractivity contribution in [1.29, 1.82) is 0 Å². The molecule has 1 heterocycles. The van der Waals surface area contributed by atoms with Crippen LogP contribution in [0.15, 0.2) is 47.8 Å².